The van der Waals surface area contributed by atoms with Gasteiger partial charge in [-0.3, -0.25) is 19.4 Å². The average molecular weight is 397 g/mol. The Balaban J connectivity index is 1.33. The van der Waals surface area contributed by atoms with Gasteiger partial charge in [-0.15, -0.1) is 0 Å². The van der Waals surface area contributed by atoms with Crippen molar-refractivity contribution in [2.75, 3.05) is 19.7 Å². The second-order valence-electron chi connectivity index (χ2n) is 8.05. The molecule has 4 rings (SSSR count). The predicted octanol–water partition coefficient (Wildman–Crippen LogP) is 2.41. The molecule has 2 fully saturated rings. The molecule has 29 heavy (non-hydrogen) atoms. The van der Waals surface area contributed by atoms with E-state index in [-0.39, 0.29) is 30.6 Å². The number of carbonyl (C=O) groups is 2. The molecule has 2 amide bonds. The molecule has 8 nitrogen and oxygen atoms in total. The number of carbonyl (C=O) groups excluding carboxylic acids is 2. The normalized spacial score (nSPS) is 20.4. The van der Waals surface area contributed by atoms with Crippen molar-refractivity contribution in [2.45, 2.75) is 45.3 Å². The van der Waals surface area contributed by atoms with E-state index in [4.69, 9.17) is 4.74 Å². The van der Waals surface area contributed by atoms with Crippen molar-refractivity contribution in [3.8, 4) is 11.3 Å². The van der Waals surface area contributed by atoms with Gasteiger partial charge in [0.15, 0.2) is 0 Å². The number of cyclic esters (lactones) is 1. The number of pyridine rings is 1. The average Bonchev–Trinajstić information content (AvgIpc) is 3.35. The predicted molar refractivity (Wildman–Crippen MR) is 107 cm³/mol. The fourth-order valence-electron chi connectivity index (χ4n) is 4.13. The van der Waals surface area contributed by atoms with E-state index in [2.05, 4.69) is 23.9 Å². The van der Waals surface area contributed by atoms with Crippen LogP contribution in [-0.2, 0) is 16.1 Å². The van der Waals surface area contributed by atoms with Crippen LogP contribution in [0.2, 0.25) is 0 Å². The van der Waals surface area contributed by atoms with E-state index in [9.17, 15) is 9.59 Å². The van der Waals surface area contributed by atoms with Crippen molar-refractivity contribution in [3.05, 3.63) is 36.8 Å². The van der Waals surface area contributed by atoms with Gasteiger partial charge in [-0.25, -0.2) is 4.79 Å². The molecule has 0 aromatic carbocycles. The van der Waals surface area contributed by atoms with Gasteiger partial charge in [0, 0.05) is 43.3 Å². The van der Waals surface area contributed by atoms with E-state index in [0.717, 1.165) is 24.1 Å². The molecule has 2 aliphatic rings. The first kappa shape index (κ1) is 19.4. The maximum Gasteiger partial charge on any atom is 0.410 e. The lowest BCUT2D eigenvalue weighted by Gasteiger charge is -2.38. The maximum absolute atomic E-state index is 12.7. The highest BCUT2D eigenvalue weighted by molar-refractivity contribution is 5.76. The molecule has 154 valence electrons. The van der Waals surface area contributed by atoms with Crippen LogP contribution in [0, 0.1) is 5.92 Å². The van der Waals surface area contributed by atoms with Crippen LogP contribution >= 0.6 is 0 Å². The molecule has 4 heterocycles. The molecule has 0 aliphatic carbocycles. The van der Waals surface area contributed by atoms with Gasteiger partial charge < -0.3 is 9.64 Å². The largest absolute Gasteiger partial charge is 0.447 e. The van der Waals surface area contributed by atoms with Crippen molar-refractivity contribution in [3.63, 3.8) is 0 Å². The zero-order valence-corrected chi connectivity index (χ0v) is 16.9. The van der Waals surface area contributed by atoms with Crippen molar-refractivity contribution in [2.24, 2.45) is 5.92 Å². The zero-order chi connectivity index (χ0) is 20.4. The molecule has 2 aromatic heterocycles. The minimum Gasteiger partial charge on any atom is -0.447 e. The van der Waals surface area contributed by atoms with E-state index < -0.39 is 0 Å². The standard InChI is InChI=1S/C21H27N5O3/c1-15(2)19-14-29-21(28)26(19)17-5-9-24(10-6-17)20(27)13-25-11-7-18(23-25)16-4-3-8-22-12-16/h3-4,7-8,11-12,15,17,19H,5-6,9-10,13-14H2,1-2H3. The molecule has 0 radical (unpaired) electrons. The van der Waals surface area contributed by atoms with Crippen LogP contribution in [0.25, 0.3) is 11.3 Å². The summed E-state index contributed by atoms with van der Waals surface area (Å²) < 4.78 is 6.95. The quantitative estimate of drug-likeness (QED) is 0.774. The minimum absolute atomic E-state index is 0.0497. The molecule has 0 saturated carbocycles. The van der Waals surface area contributed by atoms with Crippen LogP contribution in [-0.4, -0.2) is 68.3 Å². The lowest BCUT2D eigenvalue weighted by Crippen LogP contribution is -2.51. The lowest BCUT2D eigenvalue weighted by molar-refractivity contribution is -0.133. The van der Waals surface area contributed by atoms with E-state index in [0.29, 0.717) is 25.6 Å². The van der Waals surface area contributed by atoms with Gasteiger partial charge in [-0.2, -0.15) is 5.10 Å². The number of hydrogen-bond donors (Lipinski definition) is 0. The molecule has 8 heteroatoms. The Labute approximate surface area is 170 Å². The maximum atomic E-state index is 12.7. The first-order chi connectivity index (χ1) is 14.0. The van der Waals surface area contributed by atoms with Gasteiger partial charge in [0.2, 0.25) is 5.91 Å². The summed E-state index contributed by atoms with van der Waals surface area (Å²) in [5.74, 6) is 0.406. The summed E-state index contributed by atoms with van der Waals surface area (Å²) in [6.45, 7) is 6.20. The molecular formula is C21H27N5O3. The van der Waals surface area contributed by atoms with E-state index in [1.807, 2.05) is 34.2 Å². The van der Waals surface area contributed by atoms with Crippen LogP contribution in [0.5, 0.6) is 0 Å². The SMILES string of the molecule is CC(C)C1COC(=O)N1C1CCN(C(=O)Cn2ccc(-c3cccnc3)n2)CC1. The summed E-state index contributed by atoms with van der Waals surface area (Å²) >= 11 is 0. The number of nitrogens with zero attached hydrogens (tertiary/aromatic N) is 5. The Hall–Kier alpha value is -2.90. The van der Waals surface area contributed by atoms with Crippen LogP contribution in [0.15, 0.2) is 36.8 Å². The van der Waals surface area contributed by atoms with Crippen molar-refractivity contribution in [1.29, 1.82) is 0 Å². The third-order valence-electron chi connectivity index (χ3n) is 5.82. The van der Waals surface area contributed by atoms with Gasteiger partial charge in [0.25, 0.3) is 0 Å². The number of likely N-dealkylation sites (tertiary alicyclic amines) is 1. The smallest absolute Gasteiger partial charge is 0.410 e. The van der Waals surface area contributed by atoms with E-state index in [1.165, 1.54) is 0 Å². The van der Waals surface area contributed by atoms with Gasteiger partial charge >= 0.3 is 6.09 Å². The lowest BCUT2D eigenvalue weighted by atomic mass is 9.97. The highest BCUT2D eigenvalue weighted by atomic mass is 16.6. The second-order valence-corrected chi connectivity index (χ2v) is 8.05. The number of piperidine rings is 1. The number of rotatable bonds is 5. The van der Waals surface area contributed by atoms with Gasteiger partial charge in [-0.05, 0) is 37.0 Å². The summed E-state index contributed by atoms with van der Waals surface area (Å²) in [6, 6.07) is 5.97. The fourth-order valence-corrected chi connectivity index (χ4v) is 4.13. The second kappa shape index (κ2) is 8.23. The summed E-state index contributed by atoms with van der Waals surface area (Å²) in [4.78, 5) is 32.8. The number of aromatic nitrogens is 3. The van der Waals surface area contributed by atoms with Crippen molar-refractivity contribution in [1.82, 2.24) is 24.6 Å². The van der Waals surface area contributed by atoms with Crippen molar-refractivity contribution >= 4 is 12.0 Å². The number of amides is 2. The number of ether oxygens (including phenoxy) is 1. The topological polar surface area (TPSA) is 80.6 Å². The fraction of sp³-hybridized carbons (Fsp3) is 0.524. The zero-order valence-electron chi connectivity index (χ0n) is 16.9. The first-order valence-corrected chi connectivity index (χ1v) is 10.2. The molecule has 1 unspecified atom stereocenters. The van der Waals surface area contributed by atoms with E-state index in [1.54, 1.807) is 17.1 Å². The minimum atomic E-state index is -0.215. The highest BCUT2D eigenvalue weighted by Crippen LogP contribution is 2.27. The molecule has 0 bridgehead atoms. The Kier molecular flexibility index (Phi) is 5.51. The Morgan fingerprint density at radius 1 is 1.28 bits per heavy atom. The molecule has 0 spiro atoms. The van der Waals surface area contributed by atoms with E-state index >= 15 is 0 Å². The van der Waals surface area contributed by atoms with Crippen molar-refractivity contribution < 1.29 is 14.3 Å². The molecular weight excluding hydrogens is 370 g/mol. The molecule has 2 aromatic rings. The summed E-state index contributed by atoms with van der Waals surface area (Å²) in [5.41, 5.74) is 1.73. The molecule has 2 aliphatic heterocycles. The van der Waals surface area contributed by atoms with Gasteiger partial charge in [0.05, 0.1) is 11.7 Å². The van der Waals surface area contributed by atoms with Crippen LogP contribution < -0.4 is 0 Å². The van der Waals surface area contributed by atoms with Crippen LogP contribution in [0.1, 0.15) is 26.7 Å². The first-order valence-electron chi connectivity index (χ1n) is 10.2. The van der Waals surface area contributed by atoms with Gasteiger partial charge in [-0.1, -0.05) is 13.8 Å². The molecule has 1 atom stereocenters. The Bertz CT molecular complexity index is 858. The summed E-state index contributed by atoms with van der Waals surface area (Å²) in [7, 11) is 0. The van der Waals surface area contributed by atoms with Crippen LogP contribution in [0.4, 0.5) is 4.79 Å². The third-order valence-corrected chi connectivity index (χ3v) is 5.82. The molecule has 0 N–H and O–H groups in total. The number of hydrogen-bond acceptors (Lipinski definition) is 5. The highest BCUT2D eigenvalue weighted by Gasteiger charge is 2.41. The third kappa shape index (κ3) is 4.11. The molecule has 2 saturated heterocycles. The van der Waals surface area contributed by atoms with Crippen LogP contribution in [0.3, 0.4) is 0 Å². The Morgan fingerprint density at radius 3 is 2.76 bits per heavy atom. The monoisotopic (exact) mass is 397 g/mol. The summed E-state index contributed by atoms with van der Waals surface area (Å²) in [5, 5.41) is 4.49. The summed E-state index contributed by atoms with van der Waals surface area (Å²) in [6.07, 6.45) is 6.65. The Morgan fingerprint density at radius 2 is 2.07 bits per heavy atom. The van der Waals surface area contributed by atoms with Gasteiger partial charge in [0.1, 0.15) is 13.2 Å².